The zero-order valence-corrected chi connectivity index (χ0v) is 12.4. The minimum absolute atomic E-state index is 0.113. The van der Waals surface area contributed by atoms with E-state index in [0.29, 0.717) is 6.42 Å². The van der Waals surface area contributed by atoms with Crippen LogP contribution in [-0.2, 0) is 15.1 Å². The number of ether oxygens (including phenoxy) is 1. The third kappa shape index (κ3) is 2.78. The van der Waals surface area contributed by atoms with Crippen molar-refractivity contribution in [3.63, 3.8) is 0 Å². The van der Waals surface area contributed by atoms with Gasteiger partial charge in [-0.05, 0) is 17.5 Å². The van der Waals surface area contributed by atoms with Gasteiger partial charge in [-0.15, -0.1) is 0 Å². The summed E-state index contributed by atoms with van der Waals surface area (Å²) in [5.41, 5.74) is 4.07. The summed E-state index contributed by atoms with van der Waals surface area (Å²) in [6.07, 6.45) is 2.32. The van der Waals surface area contributed by atoms with Crippen LogP contribution in [0.3, 0.4) is 0 Å². The van der Waals surface area contributed by atoms with E-state index in [2.05, 4.69) is 10.5 Å². The Morgan fingerprint density at radius 3 is 2.45 bits per heavy atom. The van der Waals surface area contributed by atoms with E-state index in [1.165, 1.54) is 0 Å². The SMILES string of the molecule is CO[C@]1(c2ccccc2)C[C@@H]1C(=O)N/N=C\c1ccccc1. The number of hydrazone groups is 1. The van der Waals surface area contributed by atoms with Gasteiger partial charge in [-0.25, -0.2) is 5.43 Å². The van der Waals surface area contributed by atoms with E-state index in [1.54, 1.807) is 13.3 Å². The largest absolute Gasteiger partial charge is 0.373 e. The summed E-state index contributed by atoms with van der Waals surface area (Å²) in [7, 11) is 1.65. The minimum Gasteiger partial charge on any atom is -0.373 e. The maximum atomic E-state index is 12.2. The summed E-state index contributed by atoms with van der Waals surface area (Å²) in [4.78, 5) is 12.2. The van der Waals surface area contributed by atoms with E-state index in [4.69, 9.17) is 4.74 Å². The van der Waals surface area contributed by atoms with Gasteiger partial charge in [-0.3, -0.25) is 4.79 Å². The molecule has 0 unspecified atom stereocenters. The quantitative estimate of drug-likeness (QED) is 0.681. The predicted molar refractivity (Wildman–Crippen MR) is 85.4 cm³/mol. The second-order valence-corrected chi connectivity index (χ2v) is 5.36. The fraction of sp³-hybridized carbons (Fsp3) is 0.222. The van der Waals surface area contributed by atoms with E-state index in [-0.39, 0.29) is 11.8 Å². The Balaban J connectivity index is 1.64. The van der Waals surface area contributed by atoms with E-state index < -0.39 is 5.60 Å². The Bertz CT molecular complexity index is 670. The van der Waals surface area contributed by atoms with Crippen LogP contribution in [0.1, 0.15) is 17.5 Å². The average Bonchev–Trinajstić information content (AvgIpc) is 3.33. The average molecular weight is 294 g/mol. The molecule has 1 aliphatic rings. The summed E-state index contributed by atoms with van der Waals surface area (Å²) in [5, 5.41) is 4.02. The molecular formula is C18H18N2O2. The molecule has 1 saturated carbocycles. The Morgan fingerprint density at radius 1 is 1.18 bits per heavy atom. The van der Waals surface area contributed by atoms with Crippen LogP contribution in [-0.4, -0.2) is 19.2 Å². The van der Waals surface area contributed by atoms with Gasteiger partial charge in [0.15, 0.2) is 0 Å². The van der Waals surface area contributed by atoms with E-state index in [0.717, 1.165) is 11.1 Å². The summed E-state index contributed by atoms with van der Waals surface area (Å²) < 4.78 is 5.62. The monoisotopic (exact) mass is 294 g/mol. The van der Waals surface area contributed by atoms with Gasteiger partial charge in [-0.2, -0.15) is 5.10 Å². The summed E-state index contributed by atoms with van der Waals surface area (Å²) in [6, 6.07) is 19.5. The van der Waals surface area contributed by atoms with Gasteiger partial charge in [0.1, 0.15) is 5.60 Å². The molecule has 3 rings (SSSR count). The second kappa shape index (κ2) is 6.12. The molecule has 0 spiro atoms. The number of rotatable bonds is 5. The summed E-state index contributed by atoms with van der Waals surface area (Å²) in [5.74, 6) is -0.314. The minimum atomic E-state index is -0.506. The van der Waals surface area contributed by atoms with Crippen LogP contribution >= 0.6 is 0 Å². The van der Waals surface area contributed by atoms with Crippen molar-refractivity contribution in [3.05, 3.63) is 71.8 Å². The van der Waals surface area contributed by atoms with Crippen molar-refractivity contribution < 1.29 is 9.53 Å². The van der Waals surface area contributed by atoms with E-state index >= 15 is 0 Å². The Kier molecular flexibility index (Phi) is 4.02. The van der Waals surface area contributed by atoms with E-state index in [9.17, 15) is 4.79 Å². The smallest absolute Gasteiger partial charge is 0.246 e. The maximum absolute atomic E-state index is 12.2. The van der Waals surface area contributed by atoms with Crippen LogP contribution in [0.25, 0.3) is 0 Å². The van der Waals surface area contributed by atoms with Gasteiger partial charge in [0.2, 0.25) is 5.91 Å². The lowest BCUT2D eigenvalue weighted by molar-refractivity contribution is -0.124. The fourth-order valence-corrected chi connectivity index (χ4v) is 2.72. The lowest BCUT2D eigenvalue weighted by Gasteiger charge is -2.15. The molecule has 4 nitrogen and oxygen atoms in total. The first-order valence-corrected chi connectivity index (χ1v) is 7.25. The lowest BCUT2D eigenvalue weighted by atomic mass is 10.1. The molecule has 0 radical (unpaired) electrons. The molecule has 0 heterocycles. The molecule has 0 bridgehead atoms. The highest BCUT2D eigenvalue weighted by Crippen LogP contribution is 2.54. The zero-order chi connectivity index (χ0) is 15.4. The molecule has 0 aromatic heterocycles. The number of methoxy groups -OCH3 is 1. The number of amides is 1. The van der Waals surface area contributed by atoms with Crippen LogP contribution in [0.5, 0.6) is 0 Å². The van der Waals surface area contributed by atoms with Crippen LogP contribution < -0.4 is 5.43 Å². The van der Waals surface area contributed by atoms with Crippen LogP contribution in [0.15, 0.2) is 65.8 Å². The van der Waals surface area contributed by atoms with Crippen LogP contribution in [0.4, 0.5) is 0 Å². The number of carbonyl (C=O) groups is 1. The molecule has 2 atom stereocenters. The normalized spacial score (nSPS) is 23.4. The van der Waals surface area contributed by atoms with Gasteiger partial charge >= 0.3 is 0 Å². The molecule has 112 valence electrons. The van der Waals surface area contributed by atoms with Crippen molar-refractivity contribution in [1.82, 2.24) is 5.43 Å². The molecule has 1 N–H and O–H groups in total. The summed E-state index contributed by atoms with van der Waals surface area (Å²) in [6.45, 7) is 0. The number of hydrogen-bond donors (Lipinski definition) is 1. The maximum Gasteiger partial charge on any atom is 0.246 e. The highest BCUT2D eigenvalue weighted by Gasteiger charge is 2.60. The highest BCUT2D eigenvalue weighted by atomic mass is 16.5. The number of benzene rings is 2. The van der Waals surface area contributed by atoms with Gasteiger partial charge in [0.25, 0.3) is 0 Å². The standard InChI is InChI=1S/C18H18N2O2/c1-22-18(15-10-6-3-7-11-15)12-16(18)17(21)20-19-13-14-8-4-2-5-9-14/h2-11,13,16H,12H2,1H3,(H,20,21)/b19-13-/t16-,18+/m1/s1. The molecule has 1 aliphatic carbocycles. The van der Waals surface area contributed by atoms with Crippen molar-refractivity contribution in [2.45, 2.75) is 12.0 Å². The second-order valence-electron chi connectivity index (χ2n) is 5.36. The third-order valence-corrected chi connectivity index (χ3v) is 4.04. The topological polar surface area (TPSA) is 50.7 Å². The molecule has 4 heteroatoms. The lowest BCUT2D eigenvalue weighted by Crippen LogP contribution is -2.25. The van der Waals surface area contributed by atoms with Crippen molar-refractivity contribution in [2.24, 2.45) is 11.0 Å². The molecular weight excluding hydrogens is 276 g/mol. The first-order valence-electron chi connectivity index (χ1n) is 7.25. The van der Waals surface area contributed by atoms with Crippen molar-refractivity contribution in [1.29, 1.82) is 0 Å². The molecule has 1 fully saturated rings. The van der Waals surface area contributed by atoms with Crippen molar-refractivity contribution in [3.8, 4) is 0 Å². The fourth-order valence-electron chi connectivity index (χ4n) is 2.72. The Hall–Kier alpha value is -2.46. The van der Waals surface area contributed by atoms with Gasteiger partial charge in [0, 0.05) is 7.11 Å². The number of hydrogen-bond acceptors (Lipinski definition) is 3. The van der Waals surface area contributed by atoms with Gasteiger partial charge < -0.3 is 4.74 Å². The number of nitrogens with zero attached hydrogens (tertiary/aromatic N) is 1. The van der Waals surface area contributed by atoms with Crippen LogP contribution in [0, 0.1) is 5.92 Å². The molecule has 2 aromatic carbocycles. The third-order valence-electron chi connectivity index (χ3n) is 4.04. The van der Waals surface area contributed by atoms with Crippen molar-refractivity contribution in [2.75, 3.05) is 7.11 Å². The first kappa shape index (κ1) is 14.5. The zero-order valence-electron chi connectivity index (χ0n) is 12.4. The first-order chi connectivity index (χ1) is 10.8. The van der Waals surface area contributed by atoms with Crippen molar-refractivity contribution >= 4 is 12.1 Å². The van der Waals surface area contributed by atoms with Crippen LogP contribution in [0.2, 0.25) is 0 Å². The molecule has 0 aliphatic heterocycles. The highest BCUT2D eigenvalue weighted by molar-refractivity contribution is 5.86. The van der Waals surface area contributed by atoms with E-state index in [1.807, 2.05) is 60.7 Å². The van der Waals surface area contributed by atoms with Gasteiger partial charge in [0.05, 0.1) is 12.1 Å². The Morgan fingerprint density at radius 2 is 1.82 bits per heavy atom. The van der Waals surface area contributed by atoms with Gasteiger partial charge in [-0.1, -0.05) is 60.7 Å². The molecule has 22 heavy (non-hydrogen) atoms. The molecule has 0 saturated heterocycles. The number of nitrogens with one attached hydrogen (secondary N) is 1. The summed E-state index contributed by atoms with van der Waals surface area (Å²) >= 11 is 0. The predicted octanol–water partition coefficient (Wildman–Crippen LogP) is 2.70. The molecule has 1 amide bonds. The molecule has 2 aromatic rings. The number of carbonyl (C=O) groups excluding carboxylic acids is 1. The Labute approximate surface area is 129 Å².